The molecule has 0 unspecified atom stereocenters. The minimum atomic E-state index is -0.895. The SMILES string of the molecule is CCCC(=O)C1=C(O)[C@@H](C(=O)OC)C(C)(C)CC1=Nc1ccc(N)cc1. The quantitative estimate of drug-likeness (QED) is 0.616. The van der Waals surface area contributed by atoms with E-state index in [0.29, 0.717) is 29.9 Å². The van der Waals surface area contributed by atoms with Crippen LogP contribution in [-0.2, 0) is 14.3 Å². The van der Waals surface area contributed by atoms with Gasteiger partial charge < -0.3 is 15.6 Å². The van der Waals surface area contributed by atoms with Gasteiger partial charge in [-0.05, 0) is 42.5 Å². The van der Waals surface area contributed by atoms with Crippen LogP contribution in [0.25, 0.3) is 0 Å². The minimum Gasteiger partial charge on any atom is -0.511 e. The van der Waals surface area contributed by atoms with E-state index in [1.54, 1.807) is 24.3 Å². The Hall–Kier alpha value is -2.63. The smallest absolute Gasteiger partial charge is 0.316 e. The van der Waals surface area contributed by atoms with E-state index in [4.69, 9.17) is 10.5 Å². The number of anilines is 1. The number of Topliss-reactive ketones (excluding diaryl/α,β-unsaturated/α-hetero) is 1. The number of carbonyl (C=O) groups is 2. The van der Waals surface area contributed by atoms with Crippen molar-refractivity contribution in [2.45, 2.75) is 40.0 Å². The summed E-state index contributed by atoms with van der Waals surface area (Å²) in [7, 11) is 1.28. The molecule has 0 spiro atoms. The molecule has 1 aliphatic rings. The highest BCUT2D eigenvalue weighted by atomic mass is 16.5. The monoisotopic (exact) mass is 358 g/mol. The van der Waals surface area contributed by atoms with Crippen LogP contribution >= 0.6 is 0 Å². The zero-order chi connectivity index (χ0) is 19.5. The number of aliphatic hydroxyl groups is 1. The van der Waals surface area contributed by atoms with E-state index >= 15 is 0 Å². The van der Waals surface area contributed by atoms with Gasteiger partial charge in [0.05, 0.1) is 24.1 Å². The molecule has 0 aromatic heterocycles. The highest BCUT2D eigenvalue weighted by Gasteiger charge is 2.47. The average molecular weight is 358 g/mol. The summed E-state index contributed by atoms with van der Waals surface area (Å²) in [6, 6.07) is 6.95. The maximum Gasteiger partial charge on any atom is 0.316 e. The van der Waals surface area contributed by atoms with Gasteiger partial charge in [0.1, 0.15) is 11.7 Å². The summed E-state index contributed by atoms with van der Waals surface area (Å²) >= 11 is 0. The van der Waals surface area contributed by atoms with Gasteiger partial charge in [0.25, 0.3) is 0 Å². The molecule has 2 rings (SSSR count). The van der Waals surface area contributed by atoms with Crippen LogP contribution in [0.2, 0.25) is 0 Å². The molecule has 1 aliphatic carbocycles. The second-order valence-corrected chi connectivity index (χ2v) is 7.20. The predicted octanol–water partition coefficient (Wildman–Crippen LogP) is 3.74. The normalized spacial score (nSPS) is 20.9. The Bertz CT molecular complexity index is 761. The molecule has 1 aromatic rings. The number of allylic oxidation sites excluding steroid dienone is 1. The average Bonchev–Trinajstić information content (AvgIpc) is 2.56. The topological polar surface area (TPSA) is 102 Å². The van der Waals surface area contributed by atoms with Crippen LogP contribution in [0.5, 0.6) is 0 Å². The molecule has 3 N–H and O–H groups in total. The third-order valence-corrected chi connectivity index (χ3v) is 4.57. The molecule has 6 nitrogen and oxygen atoms in total. The van der Waals surface area contributed by atoms with E-state index in [2.05, 4.69) is 4.99 Å². The molecular formula is C20H26N2O4. The van der Waals surface area contributed by atoms with E-state index in [0.717, 1.165) is 0 Å². The third kappa shape index (κ3) is 3.95. The molecule has 0 saturated heterocycles. The lowest BCUT2D eigenvalue weighted by Crippen LogP contribution is -2.41. The Labute approximate surface area is 153 Å². The zero-order valence-electron chi connectivity index (χ0n) is 15.7. The Kier molecular flexibility index (Phi) is 5.85. The van der Waals surface area contributed by atoms with Crippen LogP contribution in [0.15, 0.2) is 40.6 Å². The minimum absolute atomic E-state index is 0.137. The summed E-state index contributed by atoms with van der Waals surface area (Å²) in [6.45, 7) is 5.59. The van der Waals surface area contributed by atoms with Gasteiger partial charge in [-0.1, -0.05) is 20.8 Å². The number of ketones is 1. The lowest BCUT2D eigenvalue weighted by molar-refractivity contribution is -0.149. The van der Waals surface area contributed by atoms with Crippen LogP contribution in [-0.4, -0.2) is 29.7 Å². The molecule has 0 aliphatic heterocycles. The van der Waals surface area contributed by atoms with Gasteiger partial charge in [-0.2, -0.15) is 0 Å². The largest absolute Gasteiger partial charge is 0.511 e. The first-order valence-corrected chi connectivity index (χ1v) is 8.69. The molecular weight excluding hydrogens is 332 g/mol. The number of hydrogen-bond acceptors (Lipinski definition) is 6. The van der Waals surface area contributed by atoms with Gasteiger partial charge in [0.15, 0.2) is 5.78 Å². The zero-order valence-corrected chi connectivity index (χ0v) is 15.7. The van der Waals surface area contributed by atoms with E-state index in [1.165, 1.54) is 7.11 Å². The number of rotatable bonds is 5. The number of hydrogen-bond donors (Lipinski definition) is 2. The molecule has 0 heterocycles. The van der Waals surface area contributed by atoms with Crippen molar-refractivity contribution in [2.75, 3.05) is 12.8 Å². The summed E-state index contributed by atoms with van der Waals surface area (Å²) in [6.07, 6.45) is 1.28. The van der Waals surface area contributed by atoms with Crippen molar-refractivity contribution < 1.29 is 19.4 Å². The summed E-state index contributed by atoms with van der Waals surface area (Å²) in [5.74, 6) is -1.92. The van der Waals surface area contributed by atoms with Crippen LogP contribution in [0.3, 0.4) is 0 Å². The van der Waals surface area contributed by atoms with E-state index in [1.807, 2.05) is 20.8 Å². The molecule has 140 valence electrons. The summed E-state index contributed by atoms with van der Waals surface area (Å²) in [5, 5.41) is 10.8. The number of aliphatic imine (C=N–C) groups is 1. The number of carbonyl (C=O) groups excluding carboxylic acids is 2. The molecule has 0 saturated carbocycles. The number of benzene rings is 1. The standard InChI is InChI=1S/C20H26N2O4/c1-5-6-15(23)16-14(22-13-9-7-12(21)8-10-13)11-20(2,3)17(18(16)24)19(25)26-4/h7-10,17,24H,5-6,11,21H2,1-4H3/t17-/m0/s1. The maximum absolute atomic E-state index is 12.7. The first kappa shape index (κ1) is 19.7. The summed E-state index contributed by atoms with van der Waals surface area (Å²) < 4.78 is 4.85. The van der Waals surface area contributed by atoms with E-state index < -0.39 is 17.3 Å². The Balaban J connectivity index is 2.62. The number of nitrogens with zero attached hydrogens (tertiary/aromatic N) is 1. The molecule has 1 atom stereocenters. The number of esters is 1. The lowest BCUT2D eigenvalue weighted by atomic mass is 9.67. The number of ether oxygens (including phenoxy) is 1. The Morgan fingerprint density at radius 1 is 1.31 bits per heavy atom. The van der Waals surface area contributed by atoms with Gasteiger partial charge in [-0.15, -0.1) is 0 Å². The molecule has 26 heavy (non-hydrogen) atoms. The second-order valence-electron chi connectivity index (χ2n) is 7.20. The van der Waals surface area contributed by atoms with E-state index in [9.17, 15) is 14.7 Å². The number of nitrogens with two attached hydrogens (primary N) is 1. The van der Waals surface area contributed by atoms with Crippen molar-refractivity contribution in [3.8, 4) is 0 Å². The van der Waals surface area contributed by atoms with Crippen molar-refractivity contribution in [2.24, 2.45) is 16.3 Å². The fourth-order valence-electron chi connectivity index (χ4n) is 3.29. The summed E-state index contributed by atoms with van der Waals surface area (Å²) in [4.78, 5) is 29.5. The molecule has 0 amide bonds. The predicted molar refractivity (Wildman–Crippen MR) is 101 cm³/mol. The number of nitrogen functional groups attached to an aromatic ring is 1. The Morgan fingerprint density at radius 3 is 2.46 bits per heavy atom. The molecule has 0 bridgehead atoms. The van der Waals surface area contributed by atoms with Crippen LogP contribution in [0.4, 0.5) is 11.4 Å². The second kappa shape index (κ2) is 7.72. The molecule has 0 fully saturated rings. The van der Waals surface area contributed by atoms with E-state index in [-0.39, 0.29) is 23.5 Å². The van der Waals surface area contributed by atoms with Gasteiger partial charge >= 0.3 is 5.97 Å². The van der Waals surface area contributed by atoms with Gasteiger partial charge in [0.2, 0.25) is 0 Å². The van der Waals surface area contributed by atoms with Crippen LogP contribution in [0, 0.1) is 11.3 Å². The highest BCUT2D eigenvalue weighted by Crippen LogP contribution is 2.43. The Morgan fingerprint density at radius 2 is 1.92 bits per heavy atom. The van der Waals surface area contributed by atoms with Crippen molar-refractivity contribution >= 4 is 28.8 Å². The first-order valence-electron chi connectivity index (χ1n) is 8.69. The maximum atomic E-state index is 12.7. The van der Waals surface area contributed by atoms with Crippen LogP contribution < -0.4 is 5.73 Å². The molecule has 0 radical (unpaired) electrons. The van der Waals surface area contributed by atoms with Gasteiger partial charge in [-0.25, -0.2) is 0 Å². The van der Waals surface area contributed by atoms with Gasteiger partial charge in [-0.3, -0.25) is 14.6 Å². The fourth-order valence-corrected chi connectivity index (χ4v) is 3.29. The van der Waals surface area contributed by atoms with Gasteiger partial charge in [0, 0.05) is 12.1 Å². The van der Waals surface area contributed by atoms with Crippen molar-refractivity contribution in [3.05, 3.63) is 35.6 Å². The number of aliphatic hydroxyl groups excluding tert-OH is 1. The molecule has 1 aromatic carbocycles. The molecule has 6 heteroatoms. The first-order chi connectivity index (χ1) is 12.2. The summed E-state index contributed by atoms with van der Waals surface area (Å²) in [5.41, 5.74) is 6.93. The highest BCUT2D eigenvalue weighted by molar-refractivity contribution is 6.24. The fraction of sp³-hybridized carbons (Fsp3) is 0.450. The lowest BCUT2D eigenvalue weighted by Gasteiger charge is -2.37. The number of methoxy groups -OCH3 is 1. The van der Waals surface area contributed by atoms with Crippen LogP contribution in [0.1, 0.15) is 40.0 Å². The third-order valence-electron chi connectivity index (χ3n) is 4.57. The van der Waals surface area contributed by atoms with Crippen molar-refractivity contribution in [3.63, 3.8) is 0 Å². The van der Waals surface area contributed by atoms with Crippen molar-refractivity contribution in [1.82, 2.24) is 0 Å². The van der Waals surface area contributed by atoms with Crippen molar-refractivity contribution in [1.29, 1.82) is 0 Å².